The van der Waals surface area contributed by atoms with Gasteiger partial charge in [-0.25, -0.2) is 4.39 Å². The average molecular weight is 348 g/mol. The number of carbonyl (C=O) groups is 2. The fourth-order valence-corrected chi connectivity index (χ4v) is 3.88. The molecule has 3 rings (SSSR count). The zero-order valence-corrected chi connectivity index (χ0v) is 13.9. The summed E-state index contributed by atoms with van der Waals surface area (Å²) >= 11 is 1.39. The second kappa shape index (κ2) is 7.09. The van der Waals surface area contributed by atoms with Crippen molar-refractivity contribution in [2.75, 3.05) is 5.75 Å². The quantitative estimate of drug-likeness (QED) is 0.902. The van der Waals surface area contributed by atoms with E-state index in [-0.39, 0.29) is 35.3 Å². The summed E-state index contributed by atoms with van der Waals surface area (Å²) in [5.41, 5.74) is 0.677. The average Bonchev–Trinajstić information content (AvgIpc) is 3.21. The molecule has 2 amide bonds. The number of carbonyl (C=O) groups excluding carboxylic acids is 2. The van der Waals surface area contributed by atoms with Crippen molar-refractivity contribution >= 4 is 23.6 Å². The number of rotatable bonds is 5. The molecule has 0 aliphatic carbocycles. The molecular formula is C17H17FN2O3S. The summed E-state index contributed by atoms with van der Waals surface area (Å²) in [6.45, 7) is 1.93. The largest absolute Gasteiger partial charge is 0.467 e. The zero-order chi connectivity index (χ0) is 17.1. The molecule has 0 radical (unpaired) electrons. The third-order valence-electron chi connectivity index (χ3n) is 3.85. The molecule has 1 saturated heterocycles. The molecule has 5 nitrogen and oxygen atoms in total. The van der Waals surface area contributed by atoms with E-state index in [1.807, 2.05) is 0 Å². The van der Waals surface area contributed by atoms with Crippen LogP contribution in [0.4, 0.5) is 4.39 Å². The van der Waals surface area contributed by atoms with Crippen molar-refractivity contribution in [3.8, 4) is 0 Å². The van der Waals surface area contributed by atoms with Gasteiger partial charge in [-0.3, -0.25) is 9.59 Å². The Balaban J connectivity index is 1.72. The molecule has 0 bridgehead atoms. The van der Waals surface area contributed by atoms with Gasteiger partial charge in [-0.2, -0.15) is 0 Å². The normalized spacial score (nSPS) is 18.7. The summed E-state index contributed by atoms with van der Waals surface area (Å²) in [5, 5.41) is 2.39. The zero-order valence-electron chi connectivity index (χ0n) is 13.1. The number of amides is 2. The van der Waals surface area contributed by atoms with Crippen LogP contribution in [-0.2, 0) is 16.1 Å². The van der Waals surface area contributed by atoms with Crippen LogP contribution >= 0.6 is 11.8 Å². The number of hydrogen-bond donors (Lipinski definition) is 1. The van der Waals surface area contributed by atoms with E-state index < -0.39 is 6.04 Å². The first-order valence-corrected chi connectivity index (χ1v) is 8.59. The van der Waals surface area contributed by atoms with Crippen LogP contribution in [0, 0.1) is 5.82 Å². The maximum Gasteiger partial charge on any atom is 0.242 e. The Morgan fingerprint density at radius 2 is 2.29 bits per heavy atom. The highest BCUT2D eigenvalue weighted by atomic mass is 32.2. The second-order valence-corrected chi connectivity index (χ2v) is 6.56. The van der Waals surface area contributed by atoms with E-state index in [9.17, 15) is 14.0 Å². The minimum atomic E-state index is -0.657. The van der Waals surface area contributed by atoms with E-state index in [2.05, 4.69) is 5.32 Å². The van der Waals surface area contributed by atoms with Gasteiger partial charge in [0.05, 0.1) is 18.6 Å². The SMILES string of the molecule is CC(C(=O)NCc1ccco1)N1C(=O)CSC1c1cccc(F)c1. The Morgan fingerprint density at radius 3 is 3.00 bits per heavy atom. The van der Waals surface area contributed by atoms with Crippen molar-refractivity contribution in [1.29, 1.82) is 0 Å². The van der Waals surface area contributed by atoms with Gasteiger partial charge < -0.3 is 14.6 Å². The van der Waals surface area contributed by atoms with E-state index in [0.717, 1.165) is 0 Å². The first kappa shape index (κ1) is 16.6. The summed E-state index contributed by atoms with van der Waals surface area (Å²) in [7, 11) is 0. The third-order valence-corrected chi connectivity index (χ3v) is 5.08. The Labute approximate surface area is 143 Å². The smallest absolute Gasteiger partial charge is 0.242 e. The first-order chi connectivity index (χ1) is 11.6. The second-order valence-electron chi connectivity index (χ2n) is 5.49. The van der Waals surface area contributed by atoms with Crippen molar-refractivity contribution < 1.29 is 18.4 Å². The summed E-state index contributed by atoms with van der Waals surface area (Å²) in [6.07, 6.45) is 1.53. The van der Waals surface area contributed by atoms with Crippen LogP contribution in [0.2, 0.25) is 0 Å². The molecule has 7 heteroatoms. The Morgan fingerprint density at radius 1 is 1.46 bits per heavy atom. The van der Waals surface area contributed by atoms with Crippen LogP contribution in [0.15, 0.2) is 47.1 Å². The highest BCUT2D eigenvalue weighted by Crippen LogP contribution is 2.40. The lowest BCUT2D eigenvalue weighted by atomic mass is 10.1. The molecule has 2 aromatic rings. The van der Waals surface area contributed by atoms with Crippen molar-refractivity contribution in [3.63, 3.8) is 0 Å². The lowest BCUT2D eigenvalue weighted by molar-refractivity contribution is -0.138. The molecule has 1 fully saturated rings. The van der Waals surface area contributed by atoms with Crippen molar-refractivity contribution in [3.05, 3.63) is 59.8 Å². The molecule has 1 aliphatic rings. The summed E-state index contributed by atoms with van der Waals surface area (Å²) < 4.78 is 18.7. The maximum absolute atomic E-state index is 13.5. The molecule has 2 atom stereocenters. The van der Waals surface area contributed by atoms with Crippen LogP contribution in [0.3, 0.4) is 0 Å². The number of hydrogen-bond acceptors (Lipinski definition) is 4. The predicted octanol–water partition coefficient (Wildman–Crippen LogP) is 2.70. The Bertz CT molecular complexity index is 735. The molecule has 2 heterocycles. The van der Waals surface area contributed by atoms with Gasteiger partial charge >= 0.3 is 0 Å². The van der Waals surface area contributed by atoms with Gasteiger partial charge in [0, 0.05) is 0 Å². The maximum atomic E-state index is 13.5. The van der Waals surface area contributed by atoms with Crippen LogP contribution in [0.25, 0.3) is 0 Å². The molecule has 1 aromatic carbocycles. The van der Waals surface area contributed by atoms with E-state index in [4.69, 9.17) is 4.42 Å². The van der Waals surface area contributed by atoms with Crippen molar-refractivity contribution in [2.45, 2.75) is 24.9 Å². The summed E-state index contributed by atoms with van der Waals surface area (Å²) in [4.78, 5) is 26.1. The number of nitrogens with one attached hydrogen (secondary N) is 1. The Hall–Kier alpha value is -2.28. The topological polar surface area (TPSA) is 62.6 Å². The lowest BCUT2D eigenvalue weighted by Gasteiger charge is -2.29. The minimum absolute atomic E-state index is 0.130. The molecule has 126 valence electrons. The summed E-state index contributed by atoms with van der Waals surface area (Å²) in [5.74, 6) is 0.150. The number of halogens is 1. The lowest BCUT2D eigenvalue weighted by Crippen LogP contribution is -2.46. The molecule has 1 aromatic heterocycles. The van der Waals surface area contributed by atoms with Gasteiger partial charge in [0.15, 0.2) is 0 Å². The number of nitrogens with zero attached hydrogens (tertiary/aromatic N) is 1. The predicted molar refractivity (Wildman–Crippen MR) is 88.5 cm³/mol. The first-order valence-electron chi connectivity index (χ1n) is 7.54. The van der Waals surface area contributed by atoms with E-state index in [1.165, 1.54) is 35.1 Å². The summed E-state index contributed by atoms with van der Waals surface area (Å²) in [6, 6.07) is 8.97. The van der Waals surface area contributed by atoms with Gasteiger partial charge in [0.1, 0.15) is 23.0 Å². The number of benzene rings is 1. The highest BCUT2D eigenvalue weighted by Gasteiger charge is 2.38. The molecule has 1 aliphatic heterocycles. The van der Waals surface area contributed by atoms with Crippen molar-refractivity contribution in [1.82, 2.24) is 10.2 Å². The highest BCUT2D eigenvalue weighted by molar-refractivity contribution is 8.00. The van der Waals surface area contributed by atoms with Gasteiger partial charge in [-0.15, -0.1) is 11.8 Å². The van der Waals surface area contributed by atoms with Gasteiger partial charge in [0.2, 0.25) is 11.8 Å². The fraction of sp³-hybridized carbons (Fsp3) is 0.294. The van der Waals surface area contributed by atoms with Crippen molar-refractivity contribution in [2.24, 2.45) is 0 Å². The molecular weight excluding hydrogens is 331 g/mol. The number of thioether (sulfide) groups is 1. The fourth-order valence-electron chi connectivity index (χ4n) is 2.63. The Kier molecular flexibility index (Phi) is 4.89. The molecule has 0 saturated carbocycles. The number of furan rings is 1. The molecule has 24 heavy (non-hydrogen) atoms. The molecule has 0 spiro atoms. The third kappa shape index (κ3) is 3.46. The van der Waals surface area contributed by atoms with Gasteiger partial charge in [-0.1, -0.05) is 12.1 Å². The minimum Gasteiger partial charge on any atom is -0.467 e. The van der Waals surface area contributed by atoms with E-state index >= 15 is 0 Å². The van der Waals surface area contributed by atoms with Crippen LogP contribution < -0.4 is 5.32 Å². The van der Waals surface area contributed by atoms with Gasteiger partial charge in [0.25, 0.3) is 0 Å². The van der Waals surface area contributed by atoms with E-state index in [1.54, 1.807) is 31.2 Å². The molecule has 1 N–H and O–H groups in total. The van der Waals surface area contributed by atoms with E-state index in [0.29, 0.717) is 11.3 Å². The van der Waals surface area contributed by atoms with Crippen LogP contribution in [0.5, 0.6) is 0 Å². The standard InChI is InChI=1S/C17H17FN2O3S/c1-11(16(22)19-9-14-6-3-7-23-14)20-15(21)10-24-17(20)12-4-2-5-13(18)8-12/h2-8,11,17H,9-10H2,1H3,(H,19,22). The van der Waals surface area contributed by atoms with Gasteiger partial charge in [-0.05, 0) is 36.8 Å². The van der Waals surface area contributed by atoms with Crippen LogP contribution in [0.1, 0.15) is 23.6 Å². The van der Waals surface area contributed by atoms with Crippen LogP contribution in [-0.4, -0.2) is 28.5 Å². The molecule has 2 unspecified atom stereocenters. The monoisotopic (exact) mass is 348 g/mol.